The Morgan fingerprint density at radius 2 is 1.76 bits per heavy atom. The summed E-state index contributed by atoms with van der Waals surface area (Å²) < 4.78 is 25.9. The lowest BCUT2D eigenvalue weighted by atomic mass is 10.2. The number of hydrogen-bond donors (Lipinski definition) is 2. The lowest BCUT2D eigenvalue weighted by molar-refractivity contribution is 0.584. The minimum Gasteiger partial charge on any atom is -0.397 e. The molecule has 3 nitrogen and oxygen atoms in total. The number of nitrogens with two attached hydrogens (primary N) is 1. The Labute approximate surface area is 97.3 Å². The van der Waals surface area contributed by atoms with Crippen LogP contribution in [0, 0.1) is 18.6 Å². The van der Waals surface area contributed by atoms with Gasteiger partial charge in [0, 0.05) is 11.8 Å². The molecule has 0 aliphatic carbocycles. The van der Waals surface area contributed by atoms with Crippen molar-refractivity contribution in [3.05, 3.63) is 47.7 Å². The van der Waals surface area contributed by atoms with E-state index in [0.717, 1.165) is 11.6 Å². The van der Waals surface area contributed by atoms with E-state index in [2.05, 4.69) is 10.3 Å². The summed E-state index contributed by atoms with van der Waals surface area (Å²) in [4.78, 5) is 4.01. The topological polar surface area (TPSA) is 50.9 Å². The zero-order valence-corrected chi connectivity index (χ0v) is 9.17. The molecule has 0 amide bonds. The summed E-state index contributed by atoms with van der Waals surface area (Å²) in [5.74, 6) is -0.791. The Bertz CT molecular complexity index is 535. The van der Waals surface area contributed by atoms with Gasteiger partial charge in [-0.05, 0) is 30.7 Å². The van der Waals surface area contributed by atoms with Gasteiger partial charge in [-0.25, -0.2) is 13.8 Å². The van der Waals surface area contributed by atoms with E-state index in [1.165, 1.54) is 18.3 Å². The van der Waals surface area contributed by atoms with Crippen molar-refractivity contribution in [2.24, 2.45) is 0 Å². The van der Waals surface area contributed by atoms with Crippen LogP contribution >= 0.6 is 0 Å². The molecule has 1 aromatic carbocycles. The van der Waals surface area contributed by atoms with Gasteiger partial charge in [-0.2, -0.15) is 0 Å². The molecule has 3 N–H and O–H groups in total. The molecular formula is C12H11F2N3. The SMILES string of the molecule is Cc1cc(Nc2cc(F)cc(F)c2)ncc1N. The third-order valence-corrected chi connectivity index (χ3v) is 2.29. The summed E-state index contributed by atoms with van der Waals surface area (Å²) in [6.45, 7) is 1.83. The minimum absolute atomic E-state index is 0.305. The molecule has 0 radical (unpaired) electrons. The summed E-state index contributed by atoms with van der Waals surface area (Å²) >= 11 is 0. The van der Waals surface area contributed by atoms with Crippen LogP contribution in [-0.2, 0) is 0 Å². The normalized spacial score (nSPS) is 10.3. The van der Waals surface area contributed by atoms with Crippen LogP contribution in [0.25, 0.3) is 0 Å². The van der Waals surface area contributed by atoms with Crippen LogP contribution < -0.4 is 11.1 Å². The Hall–Kier alpha value is -2.17. The van der Waals surface area contributed by atoms with Crippen molar-refractivity contribution < 1.29 is 8.78 Å². The highest BCUT2D eigenvalue weighted by molar-refractivity contribution is 5.59. The van der Waals surface area contributed by atoms with Crippen LogP contribution in [0.5, 0.6) is 0 Å². The highest BCUT2D eigenvalue weighted by Crippen LogP contribution is 2.19. The van der Waals surface area contributed by atoms with Crippen LogP contribution in [0.2, 0.25) is 0 Å². The van der Waals surface area contributed by atoms with Crippen molar-refractivity contribution >= 4 is 17.2 Å². The summed E-state index contributed by atoms with van der Waals surface area (Å²) in [5.41, 5.74) is 7.34. The number of pyridine rings is 1. The van der Waals surface area contributed by atoms with Crippen molar-refractivity contribution in [3.8, 4) is 0 Å². The number of nitrogens with one attached hydrogen (secondary N) is 1. The van der Waals surface area contributed by atoms with Crippen LogP contribution in [0.3, 0.4) is 0 Å². The summed E-state index contributed by atoms with van der Waals surface area (Å²) in [5, 5.41) is 2.81. The predicted molar refractivity (Wildman–Crippen MR) is 63.0 cm³/mol. The molecule has 0 atom stereocenters. The van der Waals surface area contributed by atoms with E-state index in [0.29, 0.717) is 17.2 Å². The Morgan fingerprint density at radius 1 is 1.12 bits per heavy atom. The second-order valence-corrected chi connectivity index (χ2v) is 3.71. The Balaban J connectivity index is 2.28. The number of benzene rings is 1. The molecule has 2 rings (SSSR count). The van der Waals surface area contributed by atoms with Crippen molar-refractivity contribution in [2.45, 2.75) is 6.92 Å². The summed E-state index contributed by atoms with van der Waals surface area (Å²) in [6.07, 6.45) is 1.49. The maximum absolute atomic E-state index is 13.0. The second kappa shape index (κ2) is 4.37. The number of nitrogen functional groups attached to an aromatic ring is 1. The number of aryl methyl sites for hydroxylation is 1. The second-order valence-electron chi connectivity index (χ2n) is 3.71. The Morgan fingerprint density at radius 3 is 2.35 bits per heavy atom. The van der Waals surface area contributed by atoms with Crippen molar-refractivity contribution in [2.75, 3.05) is 11.1 Å². The molecule has 88 valence electrons. The van der Waals surface area contributed by atoms with Gasteiger partial charge in [0.25, 0.3) is 0 Å². The molecule has 0 bridgehead atoms. The quantitative estimate of drug-likeness (QED) is 0.841. The lowest BCUT2D eigenvalue weighted by Gasteiger charge is -2.07. The molecule has 0 aliphatic heterocycles. The third-order valence-electron chi connectivity index (χ3n) is 2.29. The van der Waals surface area contributed by atoms with E-state index in [-0.39, 0.29) is 0 Å². The largest absolute Gasteiger partial charge is 0.397 e. The fourth-order valence-corrected chi connectivity index (χ4v) is 1.41. The van der Waals surface area contributed by atoms with Crippen LogP contribution in [-0.4, -0.2) is 4.98 Å². The van der Waals surface area contributed by atoms with Crippen LogP contribution in [0.15, 0.2) is 30.5 Å². The third kappa shape index (κ3) is 2.69. The van der Waals surface area contributed by atoms with Crippen molar-refractivity contribution in [3.63, 3.8) is 0 Å². The number of halogens is 2. The molecule has 0 saturated carbocycles. The smallest absolute Gasteiger partial charge is 0.130 e. The molecule has 0 fully saturated rings. The number of hydrogen-bond acceptors (Lipinski definition) is 3. The van der Waals surface area contributed by atoms with Crippen molar-refractivity contribution in [1.29, 1.82) is 0 Å². The molecule has 17 heavy (non-hydrogen) atoms. The summed E-state index contributed by atoms with van der Waals surface area (Å²) in [7, 11) is 0. The fraction of sp³-hybridized carbons (Fsp3) is 0.0833. The maximum Gasteiger partial charge on any atom is 0.130 e. The maximum atomic E-state index is 13.0. The number of nitrogens with zero attached hydrogens (tertiary/aromatic N) is 1. The molecule has 1 aromatic heterocycles. The average molecular weight is 235 g/mol. The van der Waals surface area contributed by atoms with Gasteiger partial charge in [-0.3, -0.25) is 0 Å². The highest BCUT2D eigenvalue weighted by atomic mass is 19.1. The van der Waals surface area contributed by atoms with Gasteiger partial charge in [0.2, 0.25) is 0 Å². The van der Waals surface area contributed by atoms with E-state index < -0.39 is 11.6 Å². The monoisotopic (exact) mass is 235 g/mol. The molecule has 0 saturated heterocycles. The molecular weight excluding hydrogens is 224 g/mol. The first-order chi connectivity index (χ1) is 8.04. The van der Waals surface area contributed by atoms with Gasteiger partial charge in [0.1, 0.15) is 17.5 Å². The van der Waals surface area contributed by atoms with E-state index in [4.69, 9.17) is 5.73 Å². The standard InChI is InChI=1S/C12H11F2N3/c1-7-2-12(16-6-11(7)15)17-10-4-8(13)3-9(14)5-10/h2-6H,15H2,1H3,(H,16,17). The minimum atomic E-state index is -0.639. The molecule has 5 heteroatoms. The first-order valence-electron chi connectivity index (χ1n) is 5.00. The van der Waals surface area contributed by atoms with Crippen molar-refractivity contribution in [1.82, 2.24) is 4.98 Å². The number of rotatable bonds is 2. The molecule has 1 heterocycles. The average Bonchev–Trinajstić information content (AvgIpc) is 2.22. The van der Waals surface area contributed by atoms with Gasteiger partial charge in [0.15, 0.2) is 0 Å². The van der Waals surface area contributed by atoms with E-state index in [1.807, 2.05) is 6.92 Å². The number of aromatic nitrogens is 1. The zero-order valence-electron chi connectivity index (χ0n) is 9.17. The van der Waals surface area contributed by atoms with Gasteiger partial charge in [-0.15, -0.1) is 0 Å². The Kier molecular flexibility index (Phi) is 2.91. The number of anilines is 3. The first-order valence-corrected chi connectivity index (χ1v) is 5.00. The lowest BCUT2D eigenvalue weighted by Crippen LogP contribution is -1.98. The molecule has 0 spiro atoms. The predicted octanol–water partition coefficient (Wildman–Crippen LogP) is 2.99. The van der Waals surface area contributed by atoms with Gasteiger partial charge < -0.3 is 11.1 Å². The molecule has 0 aliphatic rings. The first kappa shape index (κ1) is 11.3. The highest BCUT2D eigenvalue weighted by Gasteiger charge is 2.03. The summed E-state index contributed by atoms with van der Waals surface area (Å²) in [6, 6.07) is 4.90. The van der Waals surface area contributed by atoms with Crippen LogP contribution in [0.4, 0.5) is 26.0 Å². The van der Waals surface area contributed by atoms with Gasteiger partial charge >= 0.3 is 0 Å². The van der Waals surface area contributed by atoms with Gasteiger partial charge in [-0.1, -0.05) is 0 Å². The fourth-order valence-electron chi connectivity index (χ4n) is 1.41. The van der Waals surface area contributed by atoms with E-state index >= 15 is 0 Å². The van der Waals surface area contributed by atoms with E-state index in [1.54, 1.807) is 6.07 Å². The zero-order chi connectivity index (χ0) is 12.4. The van der Waals surface area contributed by atoms with Crippen LogP contribution in [0.1, 0.15) is 5.56 Å². The molecule has 0 unspecified atom stereocenters. The molecule has 2 aromatic rings. The van der Waals surface area contributed by atoms with Gasteiger partial charge in [0.05, 0.1) is 11.9 Å². The van der Waals surface area contributed by atoms with E-state index in [9.17, 15) is 8.78 Å².